The lowest BCUT2D eigenvalue weighted by atomic mass is 9.78. The van der Waals surface area contributed by atoms with Crippen molar-refractivity contribution < 1.29 is 19.4 Å². The SMILES string of the molecule is CCOCCN(C)C(=O)N(C)C1(CC(=O)O)CCCCC1. The molecule has 1 aliphatic carbocycles. The smallest absolute Gasteiger partial charge is 0.320 e. The molecule has 0 aromatic rings. The third kappa shape index (κ3) is 4.88. The van der Waals surface area contributed by atoms with Crippen LogP contribution in [0.25, 0.3) is 0 Å². The molecule has 0 heterocycles. The maximum atomic E-state index is 12.5. The van der Waals surface area contributed by atoms with Crippen LogP contribution in [0.5, 0.6) is 0 Å². The van der Waals surface area contributed by atoms with Gasteiger partial charge in [-0.25, -0.2) is 4.79 Å². The minimum absolute atomic E-state index is 0.0224. The number of carboxylic acid groups (broad SMARTS) is 1. The summed E-state index contributed by atoms with van der Waals surface area (Å²) < 4.78 is 5.26. The lowest BCUT2D eigenvalue weighted by Gasteiger charge is -2.45. The summed E-state index contributed by atoms with van der Waals surface area (Å²) in [5.41, 5.74) is -0.541. The Morgan fingerprint density at radius 1 is 1.19 bits per heavy atom. The Labute approximate surface area is 127 Å². The van der Waals surface area contributed by atoms with Crippen LogP contribution in [0.1, 0.15) is 45.4 Å². The molecule has 6 nitrogen and oxygen atoms in total. The Hall–Kier alpha value is -1.30. The van der Waals surface area contributed by atoms with Crippen LogP contribution in [0.3, 0.4) is 0 Å². The molecule has 0 aromatic carbocycles. The van der Waals surface area contributed by atoms with Gasteiger partial charge < -0.3 is 19.6 Å². The van der Waals surface area contributed by atoms with Gasteiger partial charge in [0.15, 0.2) is 0 Å². The molecule has 0 aliphatic heterocycles. The summed E-state index contributed by atoms with van der Waals surface area (Å²) in [5.74, 6) is -0.839. The largest absolute Gasteiger partial charge is 0.481 e. The molecule has 0 spiro atoms. The number of hydrogen-bond donors (Lipinski definition) is 1. The van der Waals surface area contributed by atoms with Crippen molar-refractivity contribution in [3.8, 4) is 0 Å². The van der Waals surface area contributed by atoms with Crippen molar-refractivity contribution in [3.63, 3.8) is 0 Å². The van der Waals surface area contributed by atoms with Crippen LogP contribution in [0.4, 0.5) is 4.79 Å². The van der Waals surface area contributed by atoms with Crippen molar-refractivity contribution in [1.29, 1.82) is 0 Å². The number of carbonyl (C=O) groups excluding carboxylic acids is 1. The predicted octanol–water partition coefficient (Wildman–Crippen LogP) is 2.18. The summed E-state index contributed by atoms with van der Waals surface area (Å²) in [4.78, 5) is 27.0. The van der Waals surface area contributed by atoms with Gasteiger partial charge in [-0.05, 0) is 19.8 Å². The third-order valence-corrected chi connectivity index (χ3v) is 4.36. The Morgan fingerprint density at radius 2 is 1.81 bits per heavy atom. The molecule has 0 radical (unpaired) electrons. The standard InChI is InChI=1S/C15H28N2O4/c1-4-21-11-10-16(2)14(20)17(3)15(12-13(18)19)8-6-5-7-9-15/h4-12H2,1-3H3,(H,18,19). The zero-order valence-electron chi connectivity index (χ0n) is 13.4. The summed E-state index contributed by atoms with van der Waals surface area (Å²) >= 11 is 0. The quantitative estimate of drug-likeness (QED) is 0.732. The maximum Gasteiger partial charge on any atom is 0.320 e. The first-order valence-corrected chi connectivity index (χ1v) is 7.71. The Balaban J connectivity index is 2.72. The zero-order chi connectivity index (χ0) is 15.9. The van der Waals surface area contributed by atoms with E-state index in [9.17, 15) is 14.7 Å². The molecule has 0 atom stereocenters. The molecule has 0 saturated heterocycles. The molecule has 1 aliphatic rings. The van der Waals surface area contributed by atoms with Crippen LogP contribution in [0, 0.1) is 0 Å². The lowest BCUT2D eigenvalue weighted by molar-refractivity contribution is -0.140. The van der Waals surface area contributed by atoms with Gasteiger partial charge in [0, 0.05) is 27.2 Å². The molecule has 1 N–H and O–H groups in total. The van der Waals surface area contributed by atoms with Crippen molar-refractivity contribution >= 4 is 12.0 Å². The van der Waals surface area contributed by atoms with Gasteiger partial charge in [0.1, 0.15) is 0 Å². The minimum atomic E-state index is -0.839. The molecule has 1 fully saturated rings. The molecule has 1 rings (SSSR count). The van der Waals surface area contributed by atoms with E-state index >= 15 is 0 Å². The van der Waals surface area contributed by atoms with Gasteiger partial charge in [0.05, 0.1) is 18.6 Å². The van der Waals surface area contributed by atoms with Crippen molar-refractivity contribution in [1.82, 2.24) is 9.80 Å². The number of carboxylic acids is 1. The highest BCUT2D eigenvalue weighted by Gasteiger charge is 2.41. The third-order valence-electron chi connectivity index (χ3n) is 4.36. The van der Waals surface area contributed by atoms with Gasteiger partial charge >= 0.3 is 12.0 Å². The van der Waals surface area contributed by atoms with E-state index in [1.54, 1.807) is 23.9 Å². The van der Waals surface area contributed by atoms with E-state index in [-0.39, 0.29) is 12.5 Å². The molecule has 122 valence electrons. The number of urea groups is 1. The average molecular weight is 300 g/mol. The molecule has 21 heavy (non-hydrogen) atoms. The molecular formula is C15H28N2O4. The highest BCUT2D eigenvalue weighted by Crippen LogP contribution is 2.36. The molecule has 0 bridgehead atoms. The minimum Gasteiger partial charge on any atom is -0.481 e. The molecule has 0 unspecified atom stereocenters. The Bertz CT molecular complexity index is 354. The summed E-state index contributed by atoms with van der Waals surface area (Å²) in [5, 5.41) is 9.20. The van der Waals surface area contributed by atoms with Crippen LogP contribution < -0.4 is 0 Å². The van der Waals surface area contributed by atoms with Crippen molar-refractivity contribution in [2.45, 2.75) is 51.0 Å². The van der Waals surface area contributed by atoms with E-state index in [1.807, 2.05) is 6.92 Å². The van der Waals surface area contributed by atoms with Gasteiger partial charge in [-0.2, -0.15) is 0 Å². The van der Waals surface area contributed by atoms with Crippen LogP contribution >= 0.6 is 0 Å². The number of nitrogens with zero attached hydrogens (tertiary/aromatic N) is 2. The number of rotatable bonds is 7. The second kappa shape index (κ2) is 8.22. The Kier molecular flexibility index (Phi) is 6.95. The fourth-order valence-corrected chi connectivity index (χ4v) is 3.02. The fraction of sp³-hybridized carbons (Fsp3) is 0.867. The summed E-state index contributed by atoms with van der Waals surface area (Å²) in [6.07, 6.45) is 4.63. The second-order valence-electron chi connectivity index (χ2n) is 5.82. The van der Waals surface area contributed by atoms with Crippen LogP contribution in [-0.2, 0) is 9.53 Å². The van der Waals surface area contributed by atoms with Gasteiger partial charge in [-0.1, -0.05) is 19.3 Å². The number of hydrogen-bond acceptors (Lipinski definition) is 3. The normalized spacial score (nSPS) is 17.3. The van der Waals surface area contributed by atoms with E-state index < -0.39 is 11.5 Å². The molecule has 2 amide bonds. The van der Waals surface area contributed by atoms with E-state index in [0.29, 0.717) is 19.8 Å². The number of ether oxygens (including phenoxy) is 1. The van der Waals surface area contributed by atoms with Crippen LogP contribution in [0.15, 0.2) is 0 Å². The predicted molar refractivity (Wildman–Crippen MR) is 80.4 cm³/mol. The van der Waals surface area contributed by atoms with Gasteiger partial charge in [-0.15, -0.1) is 0 Å². The number of aliphatic carboxylic acids is 1. The monoisotopic (exact) mass is 300 g/mol. The topological polar surface area (TPSA) is 70.1 Å². The van der Waals surface area contributed by atoms with E-state index in [0.717, 1.165) is 32.1 Å². The van der Waals surface area contributed by atoms with Crippen molar-refractivity contribution in [3.05, 3.63) is 0 Å². The fourth-order valence-electron chi connectivity index (χ4n) is 3.02. The summed E-state index contributed by atoms with van der Waals surface area (Å²) in [6.45, 7) is 3.55. The first-order chi connectivity index (χ1) is 9.93. The lowest BCUT2D eigenvalue weighted by Crippen LogP contribution is -2.55. The number of likely N-dealkylation sites (N-methyl/N-ethyl adjacent to an activating group) is 1. The molecule has 1 saturated carbocycles. The summed E-state index contributed by atoms with van der Waals surface area (Å²) in [6, 6.07) is -0.127. The van der Waals surface area contributed by atoms with Gasteiger partial charge in [0.2, 0.25) is 0 Å². The maximum absolute atomic E-state index is 12.5. The zero-order valence-corrected chi connectivity index (χ0v) is 13.4. The van der Waals surface area contributed by atoms with Gasteiger partial charge in [-0.3, -0.25) is 4.79 Å². The van der Waals surface area contributed by atoms with Crippen LogP contribution in [0.2, 0.25) is 0 Å². The van der Waals surface area contributed by atoms with Crippen molar-refractivity contribution in [2.24, 2.45) is 0 Å². The molecular weight excluding hydrogens is 272 g/mol. The highest BCUT2D eigenvalue weighted by atomic mass is 16.5. The summed E-state index contributed by atoms with van der Waals surface area (Å²) in [7, 11) is 3.46. The van der Waals surface area contributed by atoms with Gasteiger partial charge in [0.25, 0.3) is 0 Å². The number of amides is 2. The first kappa shape index (κ1) is 17.8. The van der Waals surface area contributed by atoms with E-state index in [2.05, 4.69) is 0 Å². The number of carbonyl (C=O) groups is 2. The average Bonchev–Trinajstić information content (AvgIpc) is 2.46. The van der Waals surface area contributed by atoms with E-state index in [4.69, 9.17) is 4.74 Å². The van der Waals surface area contributed by atoms with Crippen molar-refractivity contribution in [2.75, 3.05) is 33.9 Å². The molecule has 6 heteroatoms. The first-order valence-electron chi connectivity index (χ1n) is 7.71. The van der Waals surface area contributed by atoms with Crippen LogP contribution in [-0.4, -0.2) is 66.3 Å². The molecule has 0 aromatic heterocycles. The Morgan fingerprint density at radius 3 is 2.33 bits per heavy atom. The van der Waals surface area contributed by atoms with E-state index in [1.165, 1.54) is 0 Å². The highest BCUT2D eigenvalue weighted by molar-refractivity contribution is 5.76. The second-order valence-corrected chi connectivity index (χ2v) is 5.82.